The molecule has 0 amide bonds. The maximum Gasteiger partial charge on any atom is 0.243 e. The van der Waals surface area contributed by atoms with Crippen LogP contribution in [0.1, 0.15) is 24.0 Å². The lowest BCUT2D eigenvalue weighted by molar-refractivity contribution is 0.168. The van der Waals surface area contributed by atoms with Crippen LogP contribution in [0.3, 0.4) is 0 Å². The lowest BCUT2D eigenvalue weighted by atomic mass is 9.96. The van der Waals surface area contributed by atoms with Gasteiger partial charge in [-0.3, -0.25) is 0 Å². The summed E-state index contributed by atoms with van der Waals surface area (Å²) in [5.74, 6) is 1.06. The molecule has 0 unspecified atom stereocenters. The largest absolute Gasteiger partial charge is 0.496 e. The van der Waals surface area contributed by atoms with Crippen molar-refractivity contribution in [1.82, 2.24) is 9.21 Å². The van der Waals surface area contributed by atoms with Crippen LogP contribution in [-0.4, -0.2) is 57.5 Å². The standard InChI is InChI=1S/C17H26N2O3S/c1-12-7-13(2)17(8-16(12)22-4)23(20,21)19-10-14-5-6-15(11-19)18(3)9-14/h7-8,14-15H,5-6,9-11H2,1-4H3/t14-,15-/m0/s1. The van der Waals surface area contributed by atoms with E-state index in [-0.39, 0.29) is 0 Å². The van der Waals surface area contributed by atoms with Crippen molar-refractivity contribution < 1.29 is 13.2 Å². The van der Waals surface area contributed by atoms with E-state index in [1.165, 1.54) is 0 Å². The molecular weight excluding hydrogens is 312 g/mol. The lowest BCUT2D eigenvalue weighted by Gasteiger charge is -2.32. The summed E-state index contributed by atoms with van der Waals surface area (Å²) in [6.45, 7) is 6.00. The molecule has 2 atom stereocenters. The topological polar surface area (TPSA) is 49.9 Å². The molecule has 4 rings (SSSR count). The molecule has 6 heteroatoms. The second-order valence-corrected chi connectivity index (χ2v) is 8.85. The predicted octanol–water partition coefficient (Wildman–Crippen LogP) is 2.03. The Morgan fingerprint density at radius 3 is 2.48 bits per heavy atom. The number of rotatable bonds is 3. The first kappa shape index (κ1) is 16.7. The Balaban J connectivity index is 1.99. The summed E-state index contributed by atoms with van der Waals surface area (Å²) in [7, 11) is 0.195. The van der Waals surface area contributed by atoms with Crippen LogP contribution in [0, 0.1) is 19.8 Å². The van der Waals surface area contributed by atoms with Crippen LogP contribution in [-0.2, 0) is 10.0 Å². The molecule has 1 aromatic carbocycles. The lowest BCUT2D eigenvalue weighted by Crippen LogP contribution is -2.42. The van der Waals surface area contributed by atoms with Gasteiger partial charge in [-0.2, -0.15) is 4.31 Å². The Morgan fingerprint density at radius 1 is 1.09 bits per heavy atom. The fraction of sp³-hybridized carbons (Fsp3) is 0.647. The van der Waals surface area contributed by atoms with Crippen molar-refractivity contribution >= 4 is 10.0 Å². The molecule has 0 N–H and O–H groups in total. The zero-order chi connectivity index (χ0) is 16.8. The van der Waals surface area contributed by atoms with E-state index in [1.54, 1.807) is 17.5 Å². The molecule has 5 nitrogen and oxygen atoms in total. The summed E-state index contributed by atoms with van der Waals surface area (Å²) in [5.41, 5.74) is 1.74. The van der Waals surface area contributed by atoms with Gasteiger partial charge in [0, 0.05) is 31.7 Å². The van der Waals surface area contributed by atoms with E-state index in [4.69, 9.17) is 4.74 Å². The molecule has 1 aromatic rings. The van der Waals surface area contributed by atoms with Gasteiger partial charge in [0.2, 0.25) is 10.0 Å². The van der Waals surface area contributed by atoms with Crippen LogP contribution in [0.4, 0.5) is 0 Å². The molecular formula is C17H26N2O3S. The number of methoxy groups -OCH3 is 1. The SMILES string of the molecule is COc1cc(S(=O)(=O)N2C[C@H]3CC[C@@H](C2)N(C)C3)c(C)cc1C. The maximum absolute atomic E-state index is 13.2. The highest BCUT2D eigenvalue weighted by Gasteiger charge is 2.38. The number of hydrogen-bond acceptors (Lipinski definition) is 4. The highest BCUT2D eigenvalue weighted by molar-refractivity contribution is 7.89. The molecule has 128 valence electrons. The van der Waals surface area contributed by atoms with Gasteiger partial charge in [-0.25, -0.2) is 8.42 Å². The van der Waals surface area contributed by atoms with E-state index in [9.17, 15) is 8.42 Å². The Labute approximate surface area is 139 Å². The molecule has 0 saturated carbocycles. The third kappa shape index (κ3) is 2.99. The van der Waals surface area contributed by atoms with Crippen molar-refractivity contribution in [2.75, 3.05) is 33.8 Å². The van der Waals surface area contributed by atoms with Gasteiger partial charge in [0.05, 0.1) is 12.0 Å². The van der Waals surface area contributed by atoms with Gasteiger partial charge in [0.15, 0.2) is 0 Å². The summed E-state index contributed by atoms with van der Waals surface area (Å²) in [5, 5.41) is 0. The van der Waals surface area contributed by atoms with Crippen molar-refractivity contribution in [2.24, 2.45) is 5.92 Å². The van der Waals surface area contributed by atoms with Crippen molar-refractivity contribution in [3.63, 3.8) is 0 Å². The maximum atomic E-state index is 13.2. The van der Waals surface area contributed by atoms with Crippen molar-refractivity contribution in [3.8, 4) is 5.75 Å². The average molecular weight is 338 g/mol. The summed E-state index contributed by atoms with van der Waals surface area (Å²) >= 11 is 0. The van der Waals surface area contributed by atoms with Crippen LogP contribution in [0.5, 0.6) is 5.75 Å². The number of sulfonamides is 1. The third-order valence-corrected chi connectivity index (χ3v) is 7.24. The zero-order valence-corrected chi connectivity index (χ0v) is 15.2. The molecule has 0 radical (unpaired) electrons. The molecule has 2 bridgehead atoms. The average Bonchev–Trinajstić information content (AvgIpc) is 2.79. The minimum Gasteiger partial charge on any atom is -0.496 e. The second-order valence-electron chi connectivity index (χ2n) is 6.95. The second kappa shape index (κ2) is 6.07. The van der Waals surface area contributed by atoms with E-state index in [0.29, 0.717) is 35.7 Å². The van der Waals surface area contributed by atoms with E-state index in [0.717, 1.165) is 30.5 Å². The van der Waals surface area contributed by atoms with Gasteiger partial charge in [-0.15, -0.1) is 0 Å². The van der Waals surface area contributed by atoms with Crippen molar-refractivity contribution in [1.29, 1.82) is 0 Å². The monoisotopic (exact) mass is 338 g/mol. The first-order valence-corrected chi connectivity index (χ1v) is 9.62. The Kier molecular flexibility index (Phi) is 4.42. The van der Waals surface area contributed by atoms with E-state index >= 15 is 0 Å². The van der Waals surface area contributed by atoms with Crippen molar-refractivity contribution in [3.05, 3.63) is 23.3 Å². The molecule has 3 aliphatic heterocycles. The number of likely N-dealkylation sites (N-methyl/N-ethyl adjacent to an activating group) is 1. The smallest absolute Gasteiger partial charge is 0.243 e. The van der Waals surface area contributed by atoms with Gasteiger partial charge in [-0.05, 0) is 50.8 Å². The summed E-state index contributed by atoms with van der Waals surface area (Å²) in [6, 6.07) is 3.90. The molecule has 3 heterocycles. The fourth-order valence-corrected chi connectivity index (χ4v) is 5.70. The molecule has 23 heavy (non-hydrogen) atoms. The van der Waals surface area contributed by atoms with Gasteiger partial charge >= 0.3 is 0 Å². The van der Waals surface area contributed by atoms with Gasteiger partial charge in [0.1, 0.15) is 5.75 Å². The first-order valence-electron chi connectivity index (χ1n) is 8.18. The van der Waals surface area contributed by atoms with E-state index in [1.807, 2.05) is 19.9 Å². The van der Waals surface area contributed by atoms with Gasteiger partial charge in [-0.1, -0.05) is 6.07 Å². The first-order chi connectivity index (χ1) is 10.8. The number of fused-ring (bicyclic) bond motifs is 4. The summed E-state index contributed by atoms with van der Waals surface area (Å²) in [6.07, 6.45) is 2.21. The number of nitrogens with zero attached hydrogens (tertiary/aromatic N) is 2. The van der Waals surface area contributed by atoms with Crippen LogP contribution in [0.15, 0.2) is 17.0 Å². The molecule has 0 aliphatic carbocycles. The number of aryl methyl sites for hydroxylation is 2. The predicted molar refractivity (Wildman–Crippen MR) is 90.4 cm³/mol. The van der Waals surface area contributed by atoms with Crippen LogP contribution < -0.4 is 4.74 Å². The molecule has 0 aromatic heterocycles. The van der Waals surface area contributed by atoms with Gasteiger partial charge in [0.25, 0.3) is 0 Å². The number of piperidine rings is 1. The quantitative estimate of drug-likeness (QED) is 0.846. The van der Waals surface area contributed by atoms with E-state index in [2.05, 4.69) is 11.9 Å². The summed E-state index contributed by atoms with van der Waals surface area (Å²) in [4.78, 5) is 2.69. The highest BCUT2D eigenvalue weighted by Crippen LogP contribution is 2.33. The highest BCUT2D eigenvalue weighted by atomic mass is 32.2. The fourth-order valence-electron chi connectivity index (χ4n) is 3.92. The van der Waals surface area contributed by atoms with Crippen molar-refractivity contribution in [2.45, 2.75) is 37.6 Å². The number of benzene rings is 1. The normalized spacial score (nSPS) is 26.3. The minimum absolute atomic E-state index is 0.330. The number of hydrogen-bond donors (Lipinski definition) is 0. The molecule has 3 saturated heterocycles. The third-order valence-electron chi connectivity index (χ3n) is 5.26. The van der Waals surface area contributed by atoms with Crippen LogP contribution in [0.25, 0.3) is 0 Å². The zero-order valence-electron chi connectivity index (χ0n) is 14.4. The van der Waals surface area contributed by atoms with Crippen LogP contribution in [0.2, 0.25) is 0 Å². The number of ether oxygens (including phenoxy) is 1. The van der Waals surface area contributed by atoms with Crippen LogP contribution >= 0.6 is 0 Å². The minimum atomic E-state index is -3.49. The molecule has 0 spiro atoms. The van der Waals surface area contributed by atoms with Gasteiger partial charge < -0.3 is 9.64 Å². The molecule has 3 aliphatic rings. The Bertz CT molecular complexity index is 702. The van der Waals surface area contributed by atoms with E-state index < -0.39 is 10.0 Å². The Hall–Kier alpha value is -1.11. The molecule has 3 fully saturated rings. The Morgan fingerprint density at radius 2 is 1.83 bits per heavy atom. The summed E-state index contributed by atoms with van der Waals surface area (Å²) < 4.78 is 33.5.